The smallest absolute Gasteiger partial charge is 0.265 e. The van der Waals surface area contributed by atoms with Gasteiger partial charge in [0.2, 0.25) is 0 Å². The third-order valence-corrected chi connectivity index (χ3v) is 3.82. The van der Waals surface area contributed by atoms with Gasteiger partial charge in [-0.25, -0.2) is 4.98 Å². The van der Waals surface area contributed by atoms with Gasteiger partial charge in [0, 0.05) is 18.0 Å². The molecule has 4 rings (SSSR count). The van der Waals surface area contributed by atoms with Crippen LogP contribution in [0, 0.1) is 6.92 Å². The summed E-state index contributed by atoms with van der Waals surface area (Å²) in [5.74, 6) is 0.561. The highest BCUT2D eigenvalue weighted by Crippen LogP contribution is 2.33. The number of carbonyl (C=O) groups is 1. The summed E-state index contributed by atoms with van der Waals surface area (Å²) in [5.41, 5.74) is 4.57. The van der Waals surface area contributed by atoms with Gasteiger partial charge in [-0.05, 0) is 49.7 Å². The van der Waals surface area contributed by atoms with Crippen molar-refractivity contribution in [1.29, 1.82) is 0 Å². The third-order valence-electron chi connectivity index (χ3n) is 3.82. The number of imidazole rings is 1. The summed E-state index contributed by atoms with van der Waals surface area (Å²) in [6.07, 6.45) is 3.51. The molecule has 22 heavy (non-hydrogen) atoms. The first-order valence-electron chi connectivity index (χ1n) is 7.17. The number of amides is 1. The number of aromatic nitrogens is 2. The molecule has 3 aromatic rings. The lowest BCUT2D eigenvalue weighted by Gasteiger charge is -2.23. The summed E-state index contributed by atoms with van der Waals surface area (Å²) in [6.45, 7) is 3.78. The molecule has 1 aliphatic heterocycles. The molecular weight excluding hydrogens is 278 g/mol. The fourth-order valence-corrected chi connectivity index (χ4v) is 2.59. The minimum atomic E-state index is -0.462. The molecule has 3 heterocycles. The zero-order valence-corrected chi connectivity index (χ0v) is 12.3. The van der Waals surface area contributed by atoms with Crippen molar-refractivity contribution in [2.45, 2.75) is 20.0 Å². The molecule has 0 saturated carbocycles. The molecule has 1 aliphatic rings. The molecule has 2 aromatic heterocycles. The summed E-state index contributed by atoms with van der Waals surface area (Å²) in [5, 5.41) is 2.86. The van der Waals surface area contributed by atoms with Crippen molar-refractivity contribution in [3.05, 3.63) is 48.3 Å². The van der Waals surface area contributed by atoms with E-state index in [0.29, 0.717) is 11.4 Å². The van der Waals surface area contributed by atoms with Crippen LogP contribution in [0.5, 0.6) is 5.75 Å². The molecule has 0 spiro atoms. The second kappa shape index (κ2) is 4.59. The van der Waals surface area contributed by atoms with Gasteiger partial charge in [0.1, 0.15) is 11.4 Å². The van der Waals surface area contributed by atoms with Gasteiger partial charge >= 0.3 is 0 Å². The molecule has 0 fully saturated rings. The normalized spacial score (nSPS) is 17.0. The number of hydrogen-bond donors (Lipinski definition) is 1. The van der Waals surface area contributed by atoms with E-state index in [4.69, 9.17) is 4.74 Å². The number of ether oxygens (including phenoxy) is 1. The van der Waals surface area contributed by atoms with E-state index in [1.165, 1.54) is 5.56 Å². The van der Waals surface area contributed by atoms with Crippen LogP contribution in [-0.2, 0) is 4.79 Å². The Bertz CT molecular complexity index is 898. The number of rotatable bonds is 1. The molecule has 110 valence electrons. The summed E-state index contributed by atoms with van der Waals surface area (Å²) >= 11 is 0. The van der Waals surface area contributed by atoms with Crippen LogP contribution >= 0.6 is 0 Å². The van der Waals surface area contributed by atoms with Crippen molar-refractivity contribution in [2.24, 2.45) is 0 Å². The van der Waals surface area contributed by atoms with Crippen LogP contribution in [0.15, 0.2) is 42.7 Å². The number of benzene rings is 1. The molecule has 5 nitrogen and oxygen atoms in total. The van der Waals surface area contributed by atoms with Gasteiger partial charge < -0.3 is 14.5 Å². The van der Waals surface area contributed by atoms with Crippen molar-refractivity contribution in [3.8, 4) is 17.0 Å². The van der Waals surface area contributed by atoms with Gasteiger partial charge in [0.05, 0.1) is 11.4 Å². The fraction of sp³-hybridized carbons (Fsp3) is 0.176. The number of hydrogen-bond acceptors (Lipinski definition) is 3. The lowest BCUT2D eigenvalue weighted by molar-refractivity contribution is -0.122. The summed E-state index contributed by atoms with van der Waals surface area (Å²) in [6, 6.07) is 9.80. The highest BCUT2D eigenvalue weighted by Gasteiger charge is 2.23. The molecule has 1 aromatic carbocycles. The first-order chi connectivity index (χ1) is 10.6. The van der Waals surface area contributed by atoms with Crippen molar-refractivity contribution in [1.82, 2.24) is 9.38 Å². The Hall–Kier alpha value is -2.82. The van der Waals surface area contributed by atoms with Crippen molar-refractivity contribution < 1.29 is 9.53 Å². The van der Waals surface area contributed by atoms with Crippen LogP contribution in [0.2, 0.25) is 0 Å². The average molecular weight is 293 g/mol. The predicted molar refractivity (Wildman–Crippen MR) is 84.1 cm³/mol. The van der Waals surface area contributed by atoms with E-state index in [0.717, 1.165) is 16.9 Å². The zero-order chi connectivity index (χ0) is 15.3. The predicted octanol–water partition coefficient (Wildman–Crippen LogP) is 3.03. The summed E-state index contributed by atoms with van der Waals surface area (Å²) in [4.78, 5) is 16.4. The van der Waals surface area contributed by atoms with E-state index in [1.54, 1.807) is 6.92 Å². The van der Waals surface area contributed by atoms with Gasteiger partial charge in [-0.1, -0.05) is 0 Å². The Kier molecular flexibility index (Phi) is 2.69. The highest BCUT2D eigenvalue weighted by molar-refractivity contribution is 5.98. The maximum Gasteiger partial charge on any atom is 0.265 e. The minimum absolute atomic E-state index is 0.129. The molecule has 1 amide bonds. The number of carbonyl (C=O) groups excluding carboxylic acids is 1. The van der Waals surface area contributed by atoms with Crippen molar-refractivity contribution in [2.75, 3.05) is 5.32 Å². The highest BCUT2D eigenvalue weighted by atomic mass is 16.5. The summed E-state index contributed by atoms with van der Waals surface area (Å²) in [7, 11) is 0. The van der Waals surface area contributed by atoms with Gasteiger partial charge in [-0.3, -0.25) is 4.79 Å². The van der Waals surface area contributed by atoms with Gasteiger partial charge in [-0.15, -0.1) is 0 Å². The van der Waals surface area contributed by atoms with E-state index in [1.807, 2.05) is 54.0 Å². The molecule has 1 N–H and O–H groups in total. The Morgan fingerprint density at radius 1 is 1.27 bits per heavy atom. The molecule has 0 saturated heterocycles. The Labute approximate surface area is 127 Å². The zero-order valence-electron chi connectivity index (χ0n) is 12.3. The van der Waals surface area contributed by atoms with Crippen LogP contribution in [0.3, 0.4) is 0 Å². The fourth-order valence-electron chi connectivity index (χ4n) is 2.59. The molecular formula is C17H15N3O2. The van der Waals surface area contributed by atoms with Crippen LogP contribution in [0.25, 0.3) is 16.9 Å². The number of nitrogens with one attached hydrogen (secondary N) is 1. The van der Waals surface area contributed by atoms with Gasteiger partial charge in [0.15, 0.2) is 6.10 Å². The second-order valence-corrected chi connectivity index (χ2v) is 5.56. The monoisotopic (exact) mass is 293 g/mol. The Balaban J connectivity index is 1.78. The minimum Gasteiger partial charge on any atom is -0.479 e. The lowest BCUT2D eigenvalue weighted by Crippen LogP contribution is -2.34. The first kappa shape index (κ1) is 12.9. The quantitative estimate of drug-likeness (QED) is 0.750. The van der Waals surface area contributed by atoms with Crippen LogP contribution in [0.4, 0.5) is 5.69 Å². The van der Waals surface area contributed by atoms with Crippen LogP contribution in [0.1, 0.15) is 12.5 Å². The third kappa shape index (κ3) is 2.02. The Morgan fingerprint density at radius 2 is 2.14 bits per heavy atom. The van der Waals surface area contributed by atoms with Crippen molar-refractivity contribution >= 4 is 17.2 Å². The molecule has 0 radical (unpaired) electrons. The lowest BCUT2D eigenvalue weighted by atomic mass is 10.1. The average Bonchev–Trinajstić information content (AvgIpc) is 2.91. The second-order valence-electron chi connectivity index (χ2n) is 5.56. The summed E-state index contributed by atoms with van der Waals surface area (Å²) < 4.78 is 7.56. The topological polar surface area (TPSA) is 55.6 Å². The largest absolute Gasteiger partial charge is 0.479 e. The number of nitrogens with zero attached hydrogens (tertiary/aromatic N) is 2. The van der Waals surface area contributed by atoms with E-state index in [2.05, 4.69) is 10.3 Å². The maximum absolute atomic E-state index is 11.7. The van der Waals surface area contributed by atoms with Gasteiger partial charge in [0.25, 0.3) is 5.91 Å². The SMILES string of the molecule is Cc1ccn2cc(-c3ccc4c(c3)NC(=O)C(C)O4)nc2c1. The molecule has 1 atom stereocenters. The molecule has 5 heteroatoms. The van der Waals surface area contributed by atoms with E-state index in [9.17, 15) is 4.79 Å². The molecule has 0 aliphatic carbocycles. The van der Waals surface area contributed by atoms with Crippen molar-refractivity contribution in [3.63, 3.8) is 0 Å². The standard InChI is InChI=1S/C17H15N3O2/c1-10-5-6-20-9-14(18-16(20)7-10)12-3-4-15-13(8-12)19-17(21)11(2)22-15/h3-9,11H,1-2H3,(H,19,21). The van der Waals surface area contributed by atoms with Gasteiger partial charge in [-0.2, -0.15) is 0 Å². The number of pyridine rings is 1. The number of anilines is 1. The maximum atomic E-state index is 11.7. The van der Waals surface area contributed by atoms with E-state index >= 15 is 0 Å². The molecule has 0 bridgehead atoms. The van der Waals surface area contributed by atoms with Crippen LogP contribution < -0.4 is 10.1 Å². The van der Waals surface area contributed by atoms with E-state index < -0.39 is 6.10 Å². The number of fused-ring (bicyclic) bond motifs is 2. The van der Waals surface area contributed by atoms with Crippen LogP contribution in [-0.4, -0.2) is 21.4 Å². The van der Waals surface area contributed by atoms with E-state index in [-0.39, 0.29) is 5.91 Å². The number of aryl methyl sites for hydroxylation is 1. The molecule has 1 unspecified atom stereocenters. The Morgan fingerprint density at radius 3 is 3.00 bits per heavy atom. The first-order valence-corrected chi connectivity index (χ1v) is 7.17.